The Morgan fingerprint density at radius 1 is 1.23 bits per heavy atom. The number of furan rings is 1. The van der Waals surface area contributed by atoms with Crippen molar-refractivity contribution in [3.05, 3.63) is 47.4 Å². The summed E-state index contributed by atoms with van der Waals surface area (Å²) < 4.78 is 16.0. The maximum Gasteiger partial charge on any atom is 0.225 e. The van der Waals surface area contributed by atoms with Gasteiger partial charge in [-0.3, -0.25) is 4.79 Å². The second-order valence-corrected chi connectivity index (χ2v) is 5.09. The maximum atomic E-state index is 12.2. The second kappa shape index (κ2) is 7.02. The standard InChI is InChI=1S/C17H21NO4/c1-11-5-7-15(22-11)12(2)18-17(19)10-13-9-14(20-3)6-8-16(13)21-4/h5-9,12H,10H2,1-4H3,(H,18,19). The number of rotatable bonds is 6. The van der Waals surface area contributed by atoms with Gasteiger partial charge in [-0.25, -0.2) is 0 Å². The quantitative estimate of drug-likeness (QED) is 0.891. The van der Waals surface area contributed by atoms with Crippen LogP contribution in [0.4, 0.5) is 0 Å². The number of nitrogens with one attached hydrogen (secondary N) is 1. The zero-order chi connectivity index (χ0) is 16.1. The van der Waals surface area contributed by atoms with E-state index in [9.17, 15) is 4.79 Å². The third kappa shape index (κ3) is 3.81. The Labute approximate surface area is 130 Å². The Hall–Kier alpha value is -2.43. The molecule has 2 aromatic rings. The van der Waals surface area contributed by atoms with Crippen molar-refractivity contribution in [3.8, 4) is 11.5 Å². The van der Waals surface area contributed by atoms with Gasteiger partial charge in [-0.15, -0.1) is 0 Å². The monoisotopic (exact) mass is 303 g/mol. The summed E-state index contributed by atoms with van der Waals surface area (Å²) in [5.74, 6) is 2.82. The van der Waals surface area contributed by atoms with E-state index in [0.717, 1.165) is 17.1 Å². The fourth-order valence-electron chi connectivity index (χ4n) is 2.24. The molecule has 1 unspecified atom stereocenters. The number of benzene rings is 1. The summed E-state index contributed by atoms with van der Waals surface area (Å²) in [5.41, 5.74) is 0.780. The Balaban J connectivity index is 2.05. The normalized spacial score (nSPS) is 11.8. The van der Waals surface area contributed by atoms with Crippen molar-refractivity contribution in [2.24, 2.45) is 0 Å². The first kappa shape index (κ1) is 15.9. The topological polar surface area (TPSA) is 60.7 Å². The van der Waals surface area contributed by atoms with Crippen LogP contribution in [-0.2, 0) is 11.2 Å². The summed E-state index contributed by atoms with van der Waals surface area (Å²) in [5, 5.41) is 2.92. The van der Waals surface area contributed by atoms with E-state index in [1.165, 1.54) is 0 Å². The highest BCUT2D eigenvalue weighted by Crippen LogP contribution is 2.24. The van der Waals surface area contributed by atoms with Crippen molar-refractivity contribution in [2.45, 2.75) is 26.3 Å². The predicted molar refractivity (Wildman–Crippen MR) is 83.3 cm³/mol. The molecule has 5 nitrogen and oxygen atoms in total. The van der Waals surface area contributed by atoms with Crippen LogP contribution in [0.25, 0.3) is 0 Å². The van der Waals surface area contributed by atoms with Crippen molar-refractivity contribution < 1.29 is 18.7 Å². The van der Waals surface area contributed by atoms with Gasteiger partial charge in [-0.1, -0.05) is 0 Å². The van der Waals surface area contributed by atoms with Gasteiger partial charge in [0, 0.05) is 5.56 Å². The van der Waals surface area contributed by atoms with Gasteiger partial charge in [0.2, 0.25) is 5.91 Å². The lowest BCUT2D eigenvalue weighted by atomic mass is 10.1. The van der Waals surface area contributed by atoms with E-state index in [-0.39, 0.29) is 18.4 Å². The molecule has 0 bridgehead atoms. The van der Waals surface area contributed by atoms with E-state index in [0.29, 0.717) is 11.5 Å². The second-order valence-electron chi connectivity index (χ2n) is 5.09. The molecule has 1 aromatic carbocycles. The summed E-state index contributed by atoms with van der Waals surface area (Å²) in [4.78, 5) is 12.2. The molecule has 1 heterocycles. The highest BCUT2D eigenvalue weighted by Gasteiger charge is 2.15. The molecule has 0 spiro atoms. The smallest absolute Gasteiger partial charge is 0.225 e. The van der Waals surface area contributed by atoms with Crippen LogP contribution in [0.5, 0.6) is 11.5 Å². The molecule has 0 saturated heterocycles. The van der Waals surface area contributed by atoms with Crippen LogP contribution in [-0.4, -0.2) is 20.1 Å². The lowest BCUT2D eigenvalue weighted by Gasteiger charge is -2.13. The van der Waals surface area contributed by atoms with E-state index in [1.54, 1.807) is 32.4 Å². The Kier molecular flexibility index (Phi) is 5.09. The fraction of sp³-hybridized carbons (Fsp3) is 0.353. The first-order valence-electron chi connectivity index (χ1n) is 7.10. The van der Waals surface area contributed by atoms with Crippen LogP contribution < -0.4 is 14.8 Å². The van der Waals surface area contributed by atoms with Crippen molar-refractivity contribution >= 4 is 5.91 Å². The van der Waals surface area contributed by atoms with Crippen LogP contribution in [0.1, 0.15) is 30.0 Å². The summed E-state index contributed by atoms with van der Waals surface area (Å²) in [6, 6.07) is 8.96. The first-order valence-corrected chi connectivity index (χ1v) is 7.10. The van der Waals surface area contributed by atoms with Crippen molar-refractivity contribution in [3.63, 3.8) is 0 Å². The number of hydrogen-bond acceptors (Lipinski definition) is 4. The van der Waals surface area contributed by atoms with Gasteiger partial charge < -0.3 is 19.2 Å². The average Bonchev–Trinajstić information content (AvgIpc) is 2.93. The van der Waals surface area contributed by atoms with Gasteiger partial charge >= 0.3 is 0 Å². The molecule has 1 aromatic heterocycles. The average molecular weight is 303 g/mol. The Morgan fingerprint density at radius 3 is 2.59 bits per heavy atom. The minimum absolute atomic E-state index is 0.104. The molecule has 0 radical (unpaired) electrons. The van der Waals surface area contributed by atoms with Crippen LogP contribution in [0, 0.1) is 6.92 Å². The summed E-state index contributed by atoms with van der Waals surface area (Å²) in [7, 11) is 3.17. The van der Waals surface area contributed by atoms with Gasteiger partial charge in [0.15, 0.2) is 0 Å². The molecule has 22 heavy (non-hydrogen) atoms. The number of ether oxygens (including phenoxy) is 2. The van der Waals surface area contributed by atoms with Crippen LogP contribution in [0.15, 0.2) is 34.7 Å². The predicted octanol–water partition coefficient (Wildman–Crippen LogP) is 3.03. The van der Waals surface area contributed by atoms with Crippen LogP contribution in [0.2, 0.25) is 0 Å². The van der Waals surface area contributed by atoms with E-state index in [1.807, 2.05) is 26.0 Å². The van der Waals surface area contributed by atoms with E-state index < -0.39 is 0 Å². The molecule has 0 saturated carbocycles. The molecular weight excluding hydrogens is 282 g/mol. The van der Waals surface area contributed by atoms with Gasteiger partial charge in [0.1, 0.15) is 23.0 Å². The lowest BCUT2D eigenvalue weighted by molar-refractivity contribution is -0.121. The molecule has 118 valence electrons. The van der Waals surface area contributed by atoms with Crippen molar-refractivity contribution in [2.75, 3.05) is 14.2 Å². The van der Waals surface area contributed by atoms with Gasteiger partial charge in [0.25, 0.3) is 0 Å². The molecular formula is C17H21NO4. The number of aryl methyl sites for hydroxylation is 1. The van der Waals surface area contributed by atoms with Gasteiger partial charge in [-0.05, 0) is 44.2 Å². The zero-order valence-electron chi connectivity index (χ0n) is 13.3. The Bertz CT molecular complexity index is 648. The number of hydrogen-bond donors (Lipinski definition) is 1. The molecule has 1 atom stereocenters. The van der Waals surface area contributed by atoms with Crippen molar-refractivity contribution in [1.82, 2.24) is 5.32 Å². The molecule has 5 heteroatoms. The molecule has 0 aliphatic carbocycles. The van der Waals surface area contributed by atoms with E-state index >= 15 is 0 Å². The summed E-state index contributed by atoms with van der Waals surface area (Å²) >= 11 is 0. The Morgan fingerprint density at radius 2 is 2.00 bits per heavy atom. The molecule has 1 N–H and O–H groups in total. The number of methoxy groups -OCH3 is 2. The maximum absolute atomic E-state index is 12.2. The first-order chi connectivity index (χ1) is 10.5. The summed E-state index contributed by atoms with van der Waals surface area (Å²) in [6.45, 7) is 3.76. The van der Waals surface area contributed by atoms with Crippen molar-refractivity contribution in [1.29, 1.82) is 0 Å². The zero-order valence-corrected chi connectivity index (χ0v) is 13.3. The highest BCUT2D eigenvalue weighted by molar-refractivity contribution is 5.79. The number of carbonyl (C=O) groups excluding carboxylic acids is 1. The number of carbonyl (C=O) groups is 1. The van der Waals surface area contributed by atoms with Crippen LogP contribution >= 0.6 is 0 Å². The third-order valence-corrected chi connectivity index (χ3v) is 3.40. The SMILES string of the molecule is COc1ccc(OC)c(CC(=O)NC(C)c2ccc(C)o2)c1. The molecule has 0 aliphatic rings. The highest BCUT2D eigenvalue weighted by atomic mass is 16.5. The number of amides is 1. The molecule has 1 amide bonds. The summed E-state index contributed by atoms with van der Waals surface area (Å²) in [6.07, 6.45) is 0.213. The van der Waals surface area contributed by atoms with Gasteiger partial charge in [-0.2, -0.15) is 0 Å². The fourth-order valence-corrected chi connectivity index (χ4v) is 2.24. The van der Waals surface area contributed by atoms with E-state index in [4.69, 9.17) is 13.9 Å². The van der Waals surface area contributed by atoms with E-state index in [2.05, 4.69) is 5.32 Å². The minimum Gasteiger partial charge on any atom is -0.497 e. The minimum atomic E-state index is -0.183. The molecule has 0 fully saturated rings. The van der Waals surface area contributed by atoms with Crippen LogP contribution in [0.3, 0.4) is 0 Å². The third-order valence-electron chi connectivity index (χ3n) is 3.40. The van der Waals surface area contributed by atoms with Gasteiger partial charge in [0.05, 0.1) is 26.7 Å². The lowest BCUT2D eigenvalue weighted by Crippen LogP contribution is -2.28. The molecule has 2 rings (SSSR count). The molecule has 0 aliphatic heterocycles. The largest absolute Gasteiger partial charge is 0.497 e.